The number of ether oxygens (including phenoxy) is 3. The predicted molar refractivity (Wildman–Crippen MR) is 132 cm³/mol. The molecule has 34 heavy (non-hydrogen) atoms. The number of nitrogens with zero attached hydrogens (tertiary/aromatic N) is 1. The van der Waals surface area contributed by atoms with Crippen LogP contribution in [0.2, 0.25) is 0 Å². The fourth-order valence-electron chi connectivity index (χ4n) is 5.62. The van der Waals surface area contributed by atoms with E-state index in [0.29, 0.717) is 12.5 Å². The molecule has 182 valence electrons. The zero-order chi connectivity index (χ0) is 23.9. The van der Waals surface area contributed by atoms with Crippen LogP contribution in [0.4, 0.5) is 4.79 Å². The van der Waals surface area contributed by atoms with Gasteiger partial charge in [0.2, 0.25) is 0 Å². The van der Waals surface area contributed by atoms with E-state index in [0.717, 1.165) is 67.1 Å². The highest BCUT2D eigenvalue weighted by atomic mass is 16.6. The topological polar surface area (TPSA) is 60.0 Å². The van der Waals surface area contributed by atoms with E-state index in [-0.39, 0.29) is 23.7 Å². The van der Waals surface area contributed by atoms with Crippen molar-refractivity contribution >= 4 is 6.09 Å². The molecule has 0 saturated carbocycles. The molecule has 6 heteroatoms. The third-order valence-electron chi connectivity index (χ3n) is 7.81. The van der Waals surface area contributed by atoms with Crippen LogP contribution < -0.4 is 14.8 Å². The van der Waals surface area contributed by atoms with E-state index in [1.54, 1.807) is 7.11 Å². The molecular weight excluding hydrogens is 428 g/mol. The summed E-state index contributed by atoms with van der Waals surface area (Å²) >= 11 is 0. The van der Waals surface area contributed by atoms with Crippen LogP contribution in [0, 0.1) is 11.3 Å². The molecule has 1 unspecified atom stereocenters. The van der Waals surface area contributed by atoms with Crippen molar-refractivity contribution in [2.45, 2.75) is 52.2 Å². The third-order valence-corrected chi connectivity index (χ3v) is 7.81. The smallest absolute Gasteiger partial charge is 0.407 e. The van der Waals surface area contributed by atoms with E-state index in [4.69, 9.17) is 14.2 Å². The Morgan fingerprint density at radius 2 is 1.91 bits per heavy atom. The monoisotopic (exact) mass is 464 g/mol. The van der Waals surface area contributed by atoms with Crippen molar-refractivity contribution in [1.29, 1.82) is 0 Å². The second kappa shape index (κ2) is 9.14. The second-order valence-electron chi connectivity index (χ2n) is 10.6. The average Bonchev–Trinajstić information content (AvgIpc) is 2.86. The SMILES string of the molecule is CCc1ccc(-c2cc3c(cc2OC)C(NC(=O)O[C@H]2CN4CCC2CC4)C(C)(C)CO3)cc1. The Labute approximate surface area is 202 Å². The van der Waals surface area contributed by atoms with Gasteiger partial charge in [-0.2, -0.15) is 0 Å². The van der Waals surface area contributed by atoms with Crippen molar-refractivity contribution in [1.82, 2.24) is 10.2 Å². The number of alkyl carbamates (subject to hydrolysis) is 1. The predicted octanol–water partition coefficient (Wildman–Crippen LogP) is 5.20. The molecule has 1 amide bonds. The third kappa shape index (κ3) is 4.36. The molecule has 3 fully saturated rings. The molecule has 4 aliphatic rings. The minimum Gasteiger partial charge on any atom is -0.496 e. The fraction of sp³-hybridized carbons (Fsp3) is 0.536. The minimum absolute atomic E-state index is 0.0204. The van der Waals surface area contributed by atoms with Gasteiger partial charge in [0.15, 0.2) is 0 Å². The van der Waals surface area contributed by atoms with Gasteiger partial charge < -0.3 is 19.5 Å². The van der Waals surface area contributed by atoms with E-state index in [9.17, 15) is 4.79 Å². The van der Waals surface area contributed by atoms with Crippen molar-refractivity contribution in [2.24, 2.45) is 11.3 Å². The molecule has 2 aromatic rings. The molecule has 2 bridgehead atoms. The van der Waals surface area contributed by atoms with Gasteiger partial charge in [0.05, 0.1) is 19.8 Å². The van der Waals surface area contributed by atoms with Crippen LogP contribution in [0.1, 0.15) is 50.8 Å². The first-order valence-corrected chi connectivity index (χ1v) is 12.5. The lowest BCUT2D eigenvalue weighted by atomic mass is 9.78. The highest BCUT2D eigenvalue weighted by molar-refractivity contribution is 5.75. The Hall–Kier alpha value is -2.73. The zero-order valence-corrected chi connectivity index (χ0v) is 20.7. The lowest BCUT2D eigenvalue weighted by Crippen LogP contribution is -2.53. The normalized spacial score (nSPS) is 26.8. The molecule has 4 heterocycles. The van der Waals surface area contributed by atoms with Crippen LogP contribution in [0.25, 0.3) is 11.1 Å². The van der Waals surface area contributed by atoms with Gasteiger partial charge in [-0.05, 0) is 61.5 Å². The van der Waals surface area contributed by atoms with Gasteiger partial charge in [-0.3, -0.25) is 4.90 Å². The molecule has 1 N–H and O–H groups in total. The lowest BCUT2D eigenvalue weighted by molar-refractivity contribution is -0.0361. The van der Waals surface area contributed by atoms with Gasteiger partial charge in [0.25, 0.3) is 0 Å². The van der Waals surface area contributed by atoms with Crippen LogP contribution >= 0.6 is 0 Å². The number of hydrogen-bond donors (Lipinski definition) is 1. The second-order valence-corrected chi connectivity index (χ2v) is 10.6. The molecule has 0 aromatic heterocycles. The Kier molecular flexibility index (Phi) is 6.19. The van der Waals surface area contributed by atoms with E-state index >= 15 is 0 Å². The molecule has 0 spiro atoms. The van der Waals surface area contributed by atoms with Gasteiger partial charge in [0, 0.05) is 23.1 Å². The summed E-state index contributed by atoms with van der Waals surface area (Å²) in [7, 11) is 1.69. The lowest BCUT2D eigenvalue weighted by Gasteiger charge is -2.44. The standard InChI is InChI=1S/C28H36N2O4/c1-5-18-6-8-19(9-7-18)21-14-24-22(15-23(21)32-4)26(28(2,3)17-33-24)29-27(31)34-25-16-30-12-10-20(25)11-13-30/h6-9,14-15,20,25-26H,5,10-13,16-17H2,1-4H3,(H,29,31)/t25-,26?/m0/s1. The van der Waals surface area contributed by atoms with Crippen molar-refractivity contribution < 1.29 is 19.0 Å². The van der Waals surface area contributed by atoms with Crippen LogP contribution in [-0.2, 0) is 11.2 Å². The van der Waals surface area contributed by atoms with Crippen molar-refractivity contribution in [2.75, 3.05) is 33.4 Å². The van der Waals surface area contributed by atoms with E-state index < -0.39 is 0 Å². The van der Waals surface area contributed by atoms with Gasteiger partial charge in [0.1, 0.15) is 17.6 Å². The maximum Gasteiger partial charge on any atom is 0.407 e. The highest BCUT2D eigenvalue weighted by Crippen LogP contribution is 2.47. The summed E-state index contributed by atoms with van der Waals surface area (Å²) in [5, 5.41) is 3.18. The molecule has 4 aliphatic heterocycles. The van der Waals surface area contributed by atoms with Crippen molar-refractivity contribution in [3.63, 3.8) is 0 Å². The number of benzene rings is 2. The Morgan fingerprint density at radius 1 is 1.18 bits per heavy atom. The molecule has 6 nitrogen and oxygen atoms in total. The number of nitrogens with one attached hydrogen (secondary N) is 1. The number of amides is 1. The molecule has 2 aromatic carbocycles. The molecule has 3 saturated heterocycles. The summed E-state index contributed by atoms with van der Waals surface area (Å²) < 4.78 is 17.9. The quantitative estimate of drug-likeness (QED) is 0.659. The van der Waals surface area contributed by atoms with E-state index in [1.165, 1.54) is 5.56 Å². The Balaban J connectivity index is 1.40. The highest BCUT2D eigenvalue weighted by Gasteiger charge is 2.41. The van der Waals surface area contributed by atoms with Gasteiger partial charge >= 0.3 is 6.09 Å². The van der Waals surface area contributed by atoms with Crippen LogP contribution in [0.3, 0.4) is 0 Å². The van der Waals surface area contributed by atoms with Crippen LogP contribution in [0.5, 0.6) is 11.5 Å². The first-order chi connectivity index (χ1) is 16.4. The number of aryl methyl sites for hydroxylation is 1. The maximum atomic E-state index is 13.0. The minimum atomic E-state index is -0.345. The maximum absolute atomic E-state index is 13.0. The van der Waals surface area contributed by atoms with Crippen molar-refractivity contribution in [3.8, 4) is 22.6 Å². The summed E-state index contributed by atoms with van der Waals surface area (Å²) in [5.74, 6) is 2.03. The van der Waals surface area contributed by atoms with Crippen LogP contribution in [-0.4, -0.2) is 50.4 Å². The number of hydrogen-bond acceptors (Lipinski definition) is 5. The average molecular weight is 465 g/mol. The summed E-state index contributed by atoms with van der Waals surface area (Å²) in [6, 6.07) is 12.3. The molecular formula is C28H36N2O4. The Bertz CT molecular complexity index is 1040. The summed E-state index contributed by atoms with van der Waals surface area (Å²) in [6.07, 6.45) is 2.87. The van der Waals surface area contributed by atoms with Gasteiger partial charge in [-0.1, -0.05) is 45.0 Å². The fourth-order valence-corrected chi connectivity index (χ4v) is 5.62. The number of carbonyl (C=O) groups is 1. The van der Waals surface area contributed by atoms with Gasteiger partial charge in [-0.25, -0.2) is 4.79 Å². The summed E-state index contributed by atoms with van der Waals surface area (Å²) in [5.41, 5.74) is 3.99. The van der Waals surface area contributed by atoms with Crippen LogP contribution in [0.15, 0.2) is 36.4 Å². The first kappa shape index (κ1) is 23.0. The van der Waals surface area contributed by atoms with Crippen molar-refractivity contribution in [3.05, 3.63) is 47.5 Å². The number of methoxy groups -OCH3 is 1. The number of fused-ring (bicyclic) bond motifs is 4. The van der Waals surface area contributed by atoms with Gasteiger partial charge in [-0.15, -0.1) is 0 Å². The van der Waals surface area contributed by atoms with E-state index in [1.807, 2.05) is 12.1 Å². The molecule has 0 aliphatic carbocycles. The zero-order valence-electron chi connectivity index (χ0n) is 20.7. The summed E-state index contributed by atoms with van der Waals surface area (Å²) in [4.78, 5) is 15.4. The molecule has 2 atom stereocenters. The van der Waals surface area contributed by atoms with E-state index in [2.05, 4.69) is 55.3 Å². The first-order valence-electron chi connectivity index (χ1n) is 12.5. The number of piperidine rings is 3. The number of carbonyl (C=O) groups excluding carboxylic acids is 1. The summed E-state index contributed by atoms with van der Waals surface area (Å²) in [6.45, 7) is 9.97. The molecule has 6 rings (SSSR count). The number of rotatable bonds is 5. The molecule has 0 radical (unpaired) electrons. The largest absolute Gasteiger partial charge is 0.496 e. The Morgan fingerprint density at radius 3 is 2.53 bits per heavy atom.